The van der Waals surface area contributed by atoms with Gasteiger partial charge in [0, 0.05) is 6.92 Å². The third-order valence-electron chi connectivity index (χ3n) is 2.99. The summed E-state index contributed by atoms with van der Waals surface area (Å²) in [5.74, 6) is -0.810. The average Bonchev–Trinajstić information content (AvgIpc) is 2.30. The zero-order chi connectivity index (χ0) is 14.6. The van der Waals surface area contributed by atoms with Crippen molar-refractivity contribution in [3.63, 3.8) is 0 Å². The van der Waals surface area contributed by atoms with Crippen molar-refractivity contribution < 1.29 is 79.4 Å². The molecule has 0 unspecified atom stereocenters. The van der Waals surface area contributed by atoms with Crippen molar-refractivity contribution >= 4 is 16.1 Å². The van der Waals surface area contributed by atoms with Crippen LogP contribution in [0.25, 0.3) is 0 Å². The van der Waals surface area contributed by atoms with Crippen LogP contribution < -0.4 is 59.1 Å². The minimum absolute atomic E-state index is 0. The molecule has 0 amide bonds. The van der Waals surface area contributed by atoms with Crippen molar-refractivity contribution in [3.8, 4) is 0 Å². The summed E-state index contributed by atoms with van der Waals surface area (Å²) in [5.41, 5.74) is 0. The average molecular weight is 340 g/mol. The largest absolute Gasteiger partial charge is 1.00 e. The van der Waals surface area contributed by atoms with E-state index in [-0.39, 0.29) is 67.7 Å². The Morgan fingerprint density at radius 2 is 1.24 bits per heavy atom. The SMILES string of the molecule is CCCCCCCCCCCCS(=O)(=O)OC(C)=O.[H-].[H-].[Na+].[Na+]. The topological polar surface area (TPSA) is 60.4 Å². The van der Waals surface area contributed by atoms with Crippen LogP contribution in [0.1, 0.15) is 80.9 Å². The van der Waals surface area contributed by atoms with Gasteiger partial charge in [-0.3, -0.25) is 4.79 Å². The minimum Gasteiger partial charge on any atom is -1.00 e. The summed E-state index contributed by atoms with van der Waals surface area (Å²) in [7, 11) is -3.64. The van der Waals surface area contributed by atoms with Crippen molar-refractivity contribution in [2.45, 2.75) is 78.1 Å². The molecule has 0 aliphatic heterocycles. The van der Waals surface area contributed by atoms with Crippen LogP contribution in [-0.4, -0.2) is 20.1 Å². The van der Waals surface area contributed by atoms with E-state index in [0.29, 0.717) is 6.42 Å². The van der Waals surface area contributed by atoms with Gasteiger partial charge in [-0.2, -0.15) is 8.42 Å². The number of rotatable bonds is 12. The van der Waals surface area contributed by atoms with Crippen molar-refractivity contribution in [3.05, 3.63) is 0 Å². The summed E-state index contributed by atoms with van der Waals surface area (Å²) in [6.45, 7) is 3.32. The van der Waals surface area contributed by atoms with E-state index in [1.54, 1.807) is 0 Å². The van der Waals surface area contributed by atoms with Crippen LogP contribution in [0.4, 0.5) is 0 Å². The van der Waals surface area contributed by atoms with E-state index < -0.39 is 16.1 Å². The van der Waals surface area contributed by atoms with Gasteiger partial charge in [0.1, 0.15) is 0 Å². The maximum Gasteiger partial charge on any atom is 1.00 e. The fraction of sp³-hybridized carbons (Fsp3) is 0.929. The first-order chi connectivity index (χ1) is 8.98. The Kier molecular flexibility index (Phi) is 23.1. The van der Waals surface area contributed by atoms with Crippen LogP contribution in [0, 0.1) is 0 Å². The van der Waals surface area contributed by atoms with Gasteiger partial charge in [0.25, 0.3) is 0 Å². The summed E-state index contributed by atoms with van der Waals surface area (Å²) in [4.78, 5) is 10.5. The predicted molar refractivity (Wildman–Crippen MR) is 79.6 cm³/mol. The molecule has 0 rings (SSSR count). The second kappa shape index (κ2) is 17.8. The van der Waals surface area contributed by atoms with Crippen LogP contribution in [0.15, 0.2) is 0 Å². The van der Waals surface area contributed by atoms with Gasteiger partial charge in [-0.1, -0.05) is 64.7 Å². The van der Waals surface area contributed by atoms with E-state index >= 15 is 0 Å². The molecule has 0 aromatic rings. The van der Waals surface area contributed by atoms with Gasteiger partial charge in [-0.15, -0.1) is 0 Å². The maximum absolute atomic E-state index is 11.2. The molecular weight excluding hydrogens is 310 g/mol. The Balaban J connectivity index is -0.000000270. The molecule has 0 aliphatic rings. The van der Waals surface area contributed by atoms with Gasteiger partial charge >= 0.3 is 75.2 Å². The molecule has 0 N–H and O–H groups in total. The molecule has 0 aliphatic carbocycles. The first-order valence-electron chi connectivity index (χ1n) is 7.40. The van der Waals surface area contributed by atoms with Gasteiger partial charge in [-0.05, 0) is 6.42 Å². The zero-order valence-electron chi connectivity index (χ0n) is 16.3. The number of carbonyl (C=O) groups is 1. The molecule has 4 nitrogen and oxygen atoms in total. The van der Waals surface area contributed by atoms with Gasteiger partial charge in [0.2, 0.25) is 0 Å². The third-order valence-corrected chi connectivity index (χ3v) is 4.27. The van der Waals surface area contributed by atoms with Crippen LogP contribution in [0.2, 0.25) is 0 Å². The summed E-state index contributed by atoms with van der Waals surface area (Å²) < 4.78 is 26.7. The number of carbonyl (C=O) groups excluding carboxylic acids is 1. The standard InChI is InChI=1S/C14H28O4S.2Na.2H/c1-3-4-5-6-7-8-9-10-11-12-13-19(16,17)18-14(2)15;;;;/h3-13H2,1-2H3;;;;/q;2*+1;2*-1. The molecule has 21 heavy (non-hydrogen) atoms. The number of hydrogen-bond donors (Lipinski definition) is 0. The molecule has 0 aromatic carbocycles. The summed E-state index contributed by atoms with van der Waals surface area (Å²) in [6, 6.07) is 0. The Labute approximate surface area is 177 Å². The summed E-state index contributed by atoms with van der Waals surface area (Å²) in [5, 5.41) is 0. The van der Waals surface area contributed by atoms with Crippen molar-refractivity contribution in [1.29, 1.82) is 0 Å². The minimum atomic E-state index is -3.64. The monoisotopic (exact) mass is 340 g/mol. The van der Waals surface area contributed by atoms with Gasteiger partial charge in [0.05, 0.1) is 5.75 Å². The molecule has 118 valence electrons. The van der Waals surface area contributed by atoms with E-state index in [1.165, 1.54) is 44.9 Å². The molecule has 0 saturated heterocycles. The Morgan fingerprint density at radius 1 is 0.857 bits per heavy atom. The molecule has 0 spiro atoms. The van der Waals surface area contributed by atoms with Crippen molar-refractivity contribution in [1.82, 2.24) is 0 Å². The third kappa shape index (κ3) is 21.4. The van der Waals surface area contributed by atoms with Gasteiger partial charge < -0.3 is 7.04 Å². The Morgan fingerprint density at radius 3 is 1.62 bits per heavy atom. The quantitative estimate of drug-likeness (QED) is 0.235. The van der Waals surface area contributed by atoms with Crippen molar-refractivity contribution in [2.24, 2.45) is 0 Å². The predicted octanol–water partition coefficient (Wildman–Crippen LogP) is -1.97. The normalized spacial score (nSPS) is 10.4. The fourth-order valence-electron chi connectivity index (χ4n) is 1.99. The van der Waals surface area contributed by atoms with Gasteiger partial charge in [-0.25, -0.2) is 0 Å². The molecule has 0 bridgehead atoms. The number of unbranched alkanes of at least 4 members (excludes halogenated alkanes) is 9. The summed E-state index contributed by atoms with van der Waals surface area (Å²) in [6.07, 6.45) is 11.5. The first-order valence-corrected chi connectivity index (χ1v) is 8.98. The number of hydrogen-bond acceptors (Lipinski definition) is 4. The summed E-state index contributed by atoms with van der Waals surface area (Å²) >= 11 is 0. The smallest absolute Gasteiger partial charge is 1.00 e. The van der Waals surface area contributed by atoms with E-state index in [1.807, 2.05) is 0 Å². The molecule has 0 aromatic heterocycles. The van der Waals surface area contributed by atoms with Crippen LogP contribution in [0.5, 0.6) is 0 Å². The Bertz CT molecular complexity index is 342. The first kappa shape index (κ1) is 27.3. The molecule has 0 atom stereocenters. The fourth-order valence-corrected chi connectivity index (χ4v) is 2.99. The Hall–Kier alpha value is 1.42. The molecule has 7 heteroatoms. The maximum atomic E-state index is 11.2. The van der Waals surface area contributed by atoms with E-state index in [9.17, 15) is 13.2 Å². The van der Waals surface area contributed by atoms with Gasteiger partial charge in [0.15, 0.2) is 0 Å². The molecule has 0 radical (unpaired) electrons. The second-order valence-corrected chi connectivity index (χ2v) is 6.71. The van der Waals surface area contributed by atoms with E-state index in [2.05, 4.69) is 11.1 Å². The molecular formula is C14H30Na2O4S. The molecule has 0 fully saturated rings. The second-order valence-electron chi connectivity index (χ2n) is 5.02. The van der Waals surface area contributed by atoms with E-state index in [0.717, 1.165) is 19.8 Å². The zero-order valence-corrected chi connectivity index (χ0v) is 19.1. The van der Waals surface area contributed by atoms with Crippen LogP contribution in [-0.2, 0) is 19.1 Å². The van der Waals surface area contributed by atoms with E-state index in [4.69, 9.17) is 0 Å². The van der Waals surface area contributed by atoms with Crippen LogP contribution >= 0.6 is 0 Å². The van der Waals surface area contributed by atoms with Crippen molar-refractivity contribution in [2.75, 3.05) is 5.75 Å². The van der Waals surface area contributed by atoms with Crippen LogP contribution in [0.3, 0.4) is 0 Å². The molecule has 0 saturated carbocycles. The molecule has 0 heterocycles.